The highest BCUT2D eigenvalue weighted by Gasteiger charge is 2.35. The third kappa shape index (κ3) is 1.66. The van der Waals surface area contributed by atoms with Gasteiger partial charge in [-0.25, -0.2) is 0 Å². The molecule has 2 atom stereocenters. The van der Waals surface area contributed by atoms with Crippen molar-refractivity contribution >= 4 is 0 Å². The zero-order valence-electron chi connectivity index (χ0n) is 9.14. The van der Waals surface area contributed by atoms with Crippen LogP contribution in [0.15, 0.2) is 0 Å². The molecule has 0 bridgehead atoms. The van der Waals surface area contributed by atoms with Gasteiger partial charge >= 0.3 is 0 Å². The van der Waals surface area contributed by atoms with Gasteiger partial charge in [-0.2, -0.15) is 0 Å². The van der Waals surface area contributed by atoms with E-state index in [-0.39, 0.29) is 0 Å². The molecule has 1 aliphatic heterocycles. The van der Waals surface area contributed by atoms with Gasteiger partial charge in [-0.1, -0.05) is 6.92 Å². The van der Waals surface area contributed by atoms with E-state index in [1.165, 1.54) is 37.0 Å². The first kappa shape index (κ1) is 10.0. The van der Waals surface area contributed by atoms with E-state index in [9.17, 15) is 0 Å². The van der Waals surface area contributed by atoms with E-state index < -0.39 is 0 Å². The van der Waals surface area contributed by atoms with E-state index in [2.05, 4.69) is 27.7 Å². The minimum absolute atomic E-state index is 0.899. The van der Waals surface area contributed by atoms with Gasteiger partial charge < -0.3 is 4.48 Å². The van der Waals surface area contributed by atoms with Gasteiger partial charge in [0, 0.05) is 5.92 Å². The van der Waals surface area contributed by atoms with E-state index >= 15 is 0 Å². The van der Waals surface area contributed by atoms with Crippen LogP contribution in [-0.2, 0) is 0 Å². The lowest BCUT2D eigenvalue weighted by molar-refractivity contribution is -0.954. The average Bonchev–Trinajstić information content (AvgIpc) is 2.09. The van der Waals surface area contributed by atoms with Crippen LogP contribution in [0.25, 0.3) is 0 Å². The number of rotatable bonds is 2. The second-order valence-electron chi connectivity index (χ2n) is 4.57. The monoisotopic (exact) mass is 170 g/mol. The molecule has 1 fully saturated rings. The van der Waals surface area contributed by atoms with Crippen molar-refractivity contribution in [3.8, 4) is 0 Å². The Morgan fingerprint density at radius 1 is 1.08 bits per heavy atom. The lowest BCUT2D eigenvalue weighted by atomic mass is 9.92. The second kappa shape index (κ2) is 3.78. The van der Waals surface area contributed by atoms with E-state index in [4.69, 9.17) is 0 Å². The SMILES string of the molecule is CC[N+]1(CC)C[C@H](C)CC[C@@H]1C. The first-order valence-electron chi connectivity index (χ1n) is 5.50. The molecule has 12 heavy (non-hydrogen) atoms. The van der Waals surface area contributed by atoms with Gasteiger partial charge in [0.2, 0.25) is 0 Å². The Morgan fingerprint density at radius 3 is 2.08 bits per heavy atom. The molecule has 0 aliphatic carbocycles. The van der Waals surface area contributed by atoms with Crippen molar-refractivity contribution < 1.29 is 4.48 Å². The minimum Gasteiger partial charge on any atom is -0.322 e. The lowest BCUT2D eigenvalue weighted by Gasteiger charge is -2.47. The van der Waals surface area contributed by atoms with Crippen LogP contribution in [-0.4, -0.2) is 30.2 Å². The third-order valence-electron chi connectivity index (χ3n) is 3.95. The summed E-state index contributed by atoms with van der Waals surface area (Å²) >= 11 is 0. The predicted octanol–water partition coefficient (Wildman–Crippen LogP) is 2.66. The molecule has 1 nitrogen and oxygen atoms in total. The molecular formula is C11H24N+. The lowest BCUT2D eigenvalue weighted by Crippen LogP contribution is -2.58. The van der Waals surface area contributed by atoms with Crippen molar-refractivity contribution in [3.05, 3.63) is 0 Å². The topological polar surface area (TPSA) is 0 Å². The summed E-state index contributed by atoms with van der Waals surface area (Å²) in [5.41, 5.74) is 0. The number of hydrogen-bond acceptors (Lipinski definition) is 0. The van der Waals surface area contributed by atoms with Gasteiger partial charge in [0.1, 0.15) is 0 Å². The molecule has 0 aromatic heterocycles. The summed E-state index contributed by atoms with van der Waals surface area (Å²) in [6.07, 6.45) is 2.88. The summed E-state index contributed by atoms with van der Waals surface area (Å²) in [5.74, 6) is 0.945. The summed E-state index contributed by atoms with van der Waals surface area (Å²) in [6.45, 7) is 13.6. The Kier molecular flexibility index (Phi) is 3.16. The molecule has 0 saturated carbocycles. The number of piperidine rings is 1. The Morgan fingerprint density at radius 2 is 1.67 bits per heavy atom. The smallest absolute Gasteiger partial charge is 0.0861 e. The number of quaternary nitrogens is 1. The summed E-state index contributed by atoms with van der Waals surface area (Å²) in [7, 11) is 0. The molecule has 1 heterocycles. The first-order valence-corrected chi connectivity index (χ1v) is 5.50. The number of nitrogens with zero attached hydrogens (tertiary/aromatic N) is 1. The van der Waals surface area contributed by atoms with Crippen LogP contribution >= 0.6 is 0 Å². The molecule has 0 N–H and O–H groups in total. The van der Waals surface area contributed by atoms with Crippen LogP contribution in [0.2, 0.25) is 0 Å². The highest BCUT2D eigenvalue weighted by atomic mass is 15.4. The normalized spacial score (nSPS) is 35.0. The molecular weight excluding hydrogens is 146 g/mol. The van der Waals surface area contributed by atoms with Gasteiger partial charge in [0.15, 0.2) is 0 Å². The largest absolute Gasteiger partial charge is 0.322 e. The third-order valence-corrected chi connectivity index (χ3v) is 3.95. The Balaban J connectivity index is 2.68. The summed E-state index contributed by atoms with van der Waals surface area (Å²) in [5, 5.41) is 0. The summed E-state index contributed by atoms with van der Waals surface area (Å²) in [6, 6.07) is 0.899. The van der Waals surface area contributed by atoms with Crippen molar-refractivity contribution in [2.75, 3.05) is 19.6 Å². The van der Waals surface area contributed by atoms with Crippen LogP contribution < -0.4 is 0 Å². The first-order chi connectivity index (χ1) is 5.64. The Labute approximate surface area is 77.4 Å². The van der Waals surface area contributed by atoms with Crippen LogP contribution in [0.3, 0.4) is 0 Å². The summed E-state index contributed by atoms with van der Waals surface area (Å²) in [4.78, 5) is 0. The zero-order valence-corrected chi connectivity index (χ0v) is 9.14. The molecule has 0 amide bonds. The molecule has 1 aliphatic rings. The van der Waals surface area contributed by atoms with Gasteiger partial charge in [-0.05, 0) is 33.6 Å². The van der Waals surface area contributed by atoms with E-state index in [1.54, 1.807) is 0 Å². The maximum Gasteiger partial charge on any atom is 0.0861 e. The van der Waals surface area contributed by atoms with Crippen LogP contribution in [0.4, 0.5) is 0 Å². The van der Waals surface area contributed by atoms with Crippen molar-refractivity contribution in [2.45, 2.75) is 46.6 Å². The molecule has 0 radical (unpaired) electrons. The zero-order chi connectivity index (χ0) is 9.19. The van der Waals surface area contributed by atoms with Gasteiger partial charge in [-0.3, -0.25) is 0 Å². The highest BCUT2D eigenvalue weighted by molar-refractivity contribution is 4.66. The number of likely N-dealkylation sites (tertiary alicyclic amines) is 1. The maximum atomic E-state index is 2.43. The van der Waals surface area contributed by atoms with E-state index in [1.807, 2.05) is 0 Å². The molecule has 0 unspecified atom stereocenters. The molecule has 1 rings (SSSR count). The van der Waals surface area contributed by atoms with Gasteiger partial charge in [0.25, 0.3) is 0 Å². The highest BCUT2D eigenvalue weighted by Crippen LogP contribution is 2.28. The fourth-order valence-electron chi connectivity index (χ4n) is 2.80. The van der Waals surface area contributed by atoms with Crippen molar-refractivity contribution in [1.82, 2.24) is 0 Å². The van der Waals surface area contributed by atoms with Crippen molar-refractivity contribution in [2.24, 2.45) is 5.92 Å². The molecule has 1 saturated heterocycles. The second-order valence-corrected chi connectivity index (χ2v) is 4.57. The standard InChI is InChI=1S/C11H24N/c1-5-12(6-2)9-10(3)7-8-11(12)4/h10-11H,5-9H2,1-4H3/q+1/t10-,11+/m1/s1. The Hall–Kier alpha value is -0.0400. The predicted molar refractivity (Wildman–Crippen MR) is 54.1 cm³/mol. The van der Waals surface area contributed by atoms with Crippen molar-refractivity contribution in [3.63, 3.8) is 0 Å². The Bertz CT molecular complexity index is 138. The molecule has 0 aromatic carbocycles. The van der Waals surface area contributed by atoms with Gasteiger partial charge in [0.05, 0.1) is 25.7 Å². The molecule has 1 heteroatoms. The van der Waals surface area contributed by atoms with Crippen LogP contribution in [0.1, 0.15) is 40.5 Å². The van der Waals surface area contributed by atoms with E-state index in [0.29, 0.717) is 0 Å². The fourth-order valence-corrected chi connectivity index (χ4v) is 2.80. The van der Waals surface area contributed by atoms with Crippen molar-refractivity contribution in [1.29, 1.82) is 0 Å². The maximum absolute atomic E-state index is 2.43. The molecule has 0 aromatic rings. The minimum atomic E-state index is 0.899. The summed E-state index contributed by atoms with van der Waals surface area (Å²) < 4.78 is 1.36. The molecule has 0 spiro atoms. The quantitative estimate of drug-likeness (QED) is 0.559. The van der Waals surface area contributed by atoms with Gasteiger partial charge in [-0.15, -0.1) is 0 Å². The van der Waals surface area contributed by atoms with Crippen LogP contribution in [0.5, 0.6) is 0 Å². The van der Waals surface area contributed by atoms with E-state index in [0.717, 1.165) is 12.0 Å². The van der Waals surface area contributed by atoms with Crippen LogP contribution in [0, 0.1) is 5.92 Å². The molecule has 72 valence electrons. The number of hydrogen-bond donors (Lipinski definition) is 0. The average molecular weight is 170 g/mol. The fraction of sp³-hybridized carbons (Fsp3) is 1.00.